The Labute approximate surface area is 123 Å². The van der Waals surface area contributed by atoms with Crippen molar-refractivity contribution in [2.75, 3.05) is 6.54 Å². The third-order valence-corrected chi connectivity index (χ3v) is 5.22. The quantitative estimate of drug-likeness (QED) is 0.826. The van der Waals surface area contributed by atoms with E-state index in [1.165, 1.54) is 31.4 Å². The van der Waals surface area contributed by atoms with Crippen LogP contribution in [0.3, 0.4) is 0 Å². The lowest BCUT2D eigenvalue weighted by Crippen LogP contribution is -2.35. The Bertz CT molecular complexity index is 427. The minimum absolute atomic E-state index is 0.464. The van der Waals surface area contributed by atoms with E-state index >= 15 is 0 Å². The van der Waals surface area contributed by atoms with Crippen molar-refractivity contribution in [3.63, 3.8) is 0 Å². The summed E-state index contributed by atoms with van der Waals surface area (Å²) in [7, 11) is 0. The Balaban J connectivity index is 1.63. The number of nitrogens with one attached hydrogen (secondary N) is 1. The Morgan fingerprint density at radius 1 is 1.35 bits per heavy atom. The Morgan fingerprint density at radius 3 is 2.70 bits per heavy atom. The van der Waals surface area contributed by atoms with Gasteiger partial charge in [-0.2, -0.15) is 5.10 Å². The van der Waals surface area contributed by atoms with Gasteiger partial charge in [-0.1, -0.05) is 13.3 Å². The van der Waals surface area contributed by atoms with E-state index < -0.39 is 0 Å². The summed E-state index contributed by atoms with van der Waals surface area (Å²) in [5, 5.41) is 8.54. The summed E-state index contributed by atoms with van der Waals surface area (Å²) in [6.45, 7) is 7.78. The molecular weight excluding hydrogens is 246 g/mol. The van der Waals surface area contributed by atoms with Crippen molar-refractivity contribution in [2.24, 2.45) is 17.8 Å². The van der Waals surface area contributed by atoms with Crippen molar-refractivity contribution in [1.82, 2.24) is 15.1 Å². The summed E-state index contributed by atoms with van der Waals surface area (Å²) >= 11 is 0. The molecule has 2 aliphatic carbocycles. The van der Waals surface area contributed by atoms with E-state index in [1.807, 2.05) is 0 Å². The number of fused-ring (bicyclic) bond motifs is 1. The zero-order valence-electron chi connectivity index (χ0n) is 13.2. The summed E-state index contributed by atoms with van der Waals surface area (Å²) in [5.41, 5.74) is 1.26. The summed E-state index contributed by atoms with van der Waals surface area (Å²) in [6, 6.07) is 3.32. The van der Waals surface area contributed by atoms with Gasteiger partial charge in [0, 0.05) is 24.7 Å². The summed E-state index contributed by atoms with van der Waals surface area (Å²) < 4.78 is 2.08. The molecule has 1 aromatic rings. The lowest BCUT2D eigenvalue weighted by Gasteiger charge is -2.19. The highest BCUT2D eigenvalue weighted by atomic mass is 15.3. The largest absolute Gasteiger partial charge is 0.313 e. The van der Waals surface area contributed by atoms with Crippen molar-refractivity contribution < 1.29 is 0 Å². The number of nitrogens with zero attached hydrogens (tertiary/aromatic N) is 2. The molecule has 20 heavy (non-hydrogen) atoms. The van der Waals surface area contributed by atoms with Gasteiger partial charge in [-0.05, 0) is 63.5 Å². The topological polar surface area (TPSA) is 29.9 Å². The van der Waals surface area contributed by atoms with Crippen molar-refractivity contribution in [1.29, 1.82) is 0 Å². The molecule has 0 amide bonds. The highest BCUT2D eigenvalue weighted by Crippen LogP contribution is 2.59. The predicted octanol–water partition coefficient (Wildman–Crippen LogP) is 3.42. The van der Waals surface area contributed by atoms with Gasteiger partial charge in [0.25, 0.3) is 0 Å². The van der Waals surface area contributed by atoms with Gasteiger partial charge in [0.15, 0.2) is 0 Å². The van der Waals surface area contributed by atoms with Crippen LogP contribution in [-0.2, 0) is 6.42 Å². The lowest BCUT2D eigenvalue weighted by atomic mass is 9.99. The number of hydrogen-bond donors (Lipinski definition) is 1. The van der Waals surface area contributed by atoms with Crippen LogP contribution in [0.1, 0.15) is 58.2 Å². The summed E-state index contributed by atoms with van der Waals surface area (Å²) in [5.74, 6) is 2.98. The predicted molar refractivity (Wildman–Crippen MR) is 82.7 cm³/mol. The van der Waals surface area contributed by atoms with E-state index in [9.17, 15) is 0 Å². The lowest BCUT2D eigenvalue weighted by molar-refractivity contribution is 0.398. The van der Waals surface area contributed by atoms with Crippen LogP contribution in [0.4, 0.5) is 0 Å². The van der Waals surface area contributed by atoms with E-state index in [-0.39, 0.29) is 0 Å². The maximum Gasteiger partial charge on any atom is 0.0640 e. The summed E-state index contributed by atoms with van der Waals surface area (Å²) in [6.07, 6.45) is 8.87. The molecule has 1 heterocycles. The first kappa shape index (κ1) is 14.1. The average Bonchev–Trinajstić information content (AvgIpc) is 2.86. The molecule has 0 aliphatic heterocycles. The third-order valence-electron chi connectivity index (χ3n) is 5.22. The molecule has 0 spiro atoms. The van der Waals surface area contributed by atoms with E-state index in [4.69, 9.17) is 5.10 Å². The number of hydrogen-bond acceptors (Lipinski definition) is 2. The number of aromatic nitrogens is 2. The van der Waals surface area contributed by atoms with Crippen LogP contribution in [0.15, 0.2) is 12.3 Å². The van der Waals surface area contributed by atoms with E-state index in [0.29, 0.717) is 12.1 Å². The molecule has 0 saturated heterocycles. The molecule has 2 fully saturated rings. The van der Waals surface area contributed by atoms with Crippen LogP contribution < -0.4 is 5.32 Å². The molecule has 3 atom stereocenters. The van der Waals surface area contributed by atoms with Gasteiger partial charge in [-0.25, -0.2) is 0 Å². The van der Waals surface area contributed by atoms with Gasteiger partial charge in [0.2, 0.25) is 0 Å². The SMILES string of the molecule is CCCNC(Cc1ccn(C(C)C)n1)C1C2CCCC21. The Kier molecular flexibility index (Phi) is 4.16. The van der Waals surface area contributed by atoms with Gasteiger partial charge in [0.05, 0.1) is 5.69 Å². The first-order chi connectivity index (χ1) is 9.70. The molecule has 0 radical (unpaired) electrons. The third kappa shape index (κ3) is 2.78. The first-order valence-electron chi connectivity index (χ1n) is 8.48. The fourth-order valence-electron chi connectivity index (χ4n) is 4.15. The van der Waals surface area contributed by atoms with Crippen LogP contribution in [-0.4, -0.2) is 22.4 Å². The second-order valence-corrected chi connectivity index (χ2v) is 6.98. The van der Waals surface area contributed by atoms with Crippen LogP contribution in [0, 0.1) is 17.8 Å². The van der Waals surface area contributed by atoms with Crippen LogP contribution >= 0.6 is 0 Å². The Hall–Kier alpha value is -0.830. The average molecular weight is 275 g/mol. The molecule has 1 N–H and O–H groups in total. The molecule has 3 unspecified atom stereocenters. The smallest absolute Gasteiger partial charge is 0.0640 e. The molecule has 112 valence electrons. The molecule has 0 bridgehead atoms. The summed E-state index contributed by atoms with van der Waals surface area (Å²) in [4.78, 5) is 0. The van der Waals surface area contributed by atoms with Crippen molar-refractivity contribution in [2.45, 2.75) is 65.0 Å². The fraction of sp³-hybridized carbons (Fsp3) is 0.824. The van der Waals surface area contributed by atoms with Gasteiger partial charge in [-0.3, -0.25) is 4.68 Å². The Morgan fingerprint density at radius 2 is 2.10 bits per heavy atom. The maximum atomic E-state index is 4.74. The molecule has 3 rings (SSSR count). The van der Waals surface area contributed by atoms with Crippen LogP contribution in [0.5, 0.6) is 0 Å². The van der Waals surface area contributed by atoms with E-state index in [0.717, 1.165) is 30.7 Å². The molecule has 2 aliphatic rings. The van der Waals surface area contributed by atoms with Gasteiger partial charge in [0.1, 0.15) is 0 Å². The van der Waals surface area contributed by atoms with Crippen LogP contribution in [0.2, 0.25) is 0 Å². The fourth-order valence-corrected chi connectivity index (χ4v) is 4.15. The zero-order valence-corrected chi connectivity index (χ0v) is 13.2. The monoisotopic (exact) mass is 275 g/mol. The zero-order chi connectivity index (χ0) is 14.1. The molecule has 1 aromatic heterocycles. The van der Waals surface area contributed by atoms with Gasteiger partial charge < -0.3 is 5.32 Å². The minimum atomic E-state index is 0.464. The van der Waals surface area contributed by atoms with Crippen molar-refractivity contribution in [3.05, 3.63) is 18.0 Å². The molecule has 3 nitrogen and oxygen atoms in total. The van der Waals surface area contributed by atoms with Gasteiger partial charge in [-0.15, -0.1) is 0 Å². The highest BCUT2D eigenvalue weighted by molar-refractivity contribution is 5.11. The molecule has 3 heteroatoms. The number of rotatable bonds is 7. The van der Waals surface area contributed by atoms with E-state index in [1.54, 1.807) is 0 Å². The van der Waals surface area contributed by atoms with Crippen LogP contribution in [0.25, 0.3) is 0 Å². The standard InChI is InChI=1S/C17H29N3/c1-4-9-18-16(17-14-6-5-7-15(14)17)11-13-8-10-20(19-13)12(2)3/h8,10,12,14-18H,4-7,9,11H2,1-3H3. The maximum absolute atomic E-state index is 4.74. The first-order valence-corrected chi connectivity index (χ1v) is 8.48. The second kappa shape index (κ2) is 5.88. The molecule has 0 aromatic carbocycles. The molecule has 2 saturated carbocycles. The molecular formula is C17H29N3. The van der Waals surface area contributed by atoms with Crippen molar-refractivity contribution in [3.8, 4) is 0 Å². The minimum Gasteiger partial charge on any atom is -0.313 e. The highest BCUT2D eigenvalue weighted by Gasteiger charge is 2.55. The normalized spacial score (nSPS) is 29.7. The van der Waals surface area contributed by atoms with Crippen molar-refractivity contribution >= 4 is 0 Å². The van der Waals surface area contributed by atoms with Gasteiger partial charge >= 0.3 is 0 Å². The van der Waals surface area contributed by atoms with E-state index in [2.05, 4.69) is 43.0 Å². The second-order valence-electron chi connectivity index (χ2n) is 6.98.